The molecule has 0 aromatic carbocycles. The molecule has 1 aliphatic carbocycles. The zero-order valence-electron chi connectivity index (χ0n) is 14.0. The third-order valence-corrected chi connectivity index (χ3v) is 5.51. The molecule has 4 atom stereocenters. The molecule has 0 aromatic rings. The highest BCUT2D eigenvalue weighted by atomic mass is 16.3. The number of hydrogen-bond acceptors (Lipinski definition) is 3. The van der Waals surface area contributed by atoms with Crippen molar-refractivity contribution < 1.29 is 15.3 Å². The summed E-state index contributed by atoms with van der Waals surface area (Å²) < 4.78 is 0. The normalized spacial score (nSPS) is 33.0. The van der Waals surface area contributed by atoms with E-state index in [0.717, 1.165) is 19.3 Å². The van der Waals surface area contributed by atoms with Gasteiger partial charge in [0.2, 0.25) is 0 Å². The van der Waals surface area contributed by atoms with E-state index < -0.39 is 23.2 Å². The van der Waals surface area contributed by atoms with Gasteiger partial charge in [-0.05, 0) is 12.8 Å². The number of rotatable bonds is 9. The minimum absolute atomic E-state index is 0.155. The monoisotopic (exact) mass is 298 g/mol. The van der Waals surface area contributed by atoms with Gasteiger partial charge < -0.3 is 15.3 Å². The second-order valence-electron chi connectivity index (χ2n) is 7.30. The van der Waals surface area contributed by atoms with Crippen LogP contribution in [0.5, 0.6) is 0 Å². The smallest absolute Gasteiger partial charge is 0.0810 e. The Hall–Kier alpha value is -0.380. The lowest BCUT2D eigenvalue weighted by Crippen LogP contribution is -2.49. The summed E-state index contributed by atoms with van der Waals surface area (Å²) >= 11 is 0. The molecule has 0 amide bonds. The zero-order valence-corrected chi connectivity index (χ0v) is 14.0. The summed E-state index contributed by atoms with van der Waals surface area (Å²) in [5.74, 6) is -0.155. The van der Waals surface area contributed by atoms with Crippen molar-refractivity contribution in [2.45, 2.75) is 89.9 Å². The molecule has 3 heteroatoms. The fraction of sp³-hybridized carbons (Fsp3) is 0.889. The summed E-state index contributed by atoms with van der Waals surface area (Å²) in [5.41, 5.74) is -1.69. The average molecular weight is 298 g/mol. The first kappa shape index (κ1) is 18.7. The summed E-state index contributed by atoms with van der Waals surface area (Å²) in [4.78, 5) is 0. The first-order chi connectivity index (χ1) is 9.79. The van der Waals surface area contributed by atoms with Crippen LogP contribution in [0, 0.1) is 11.3 Å². The molecular weight excluding hydrogens is 264 g/mol. The summed E-state index contributed by atoms with van der Waals surface area (Å²) in [5, 5.41) is 31.5. The molecule has 1 rings (SSSR count). The molecule has 0 radical (unpaired) electrons. The maximum Gasteiger partial charge on any atom is 0.0810 e. The molecule has 124 valence electrons. The van der Waals surface area contributed by atoms with Crippen molar-refractivity contribution in [3.8, 4) is 0 Å². The zero-order chi connectivity index (χ0) is 16.1. The van der Waals surface area contributed by atoms with Crippen molar-refractivity contribution in [2.24, 2.45) is 11.3 Å². The number of aliphatic hydroxyl groups is 3. The number of hydrogen-bond donors (Lipinski definition) is 3. The van der Waals surface area contributed by atoms with Crippen LogP contribution >= 0.6 is 0 Å². The molecule has 1 aliphatic rings. The molecule has 21 heavy (non-hydrogen) atoms. The standard InChI is InChI=1S/C18H34O3/c1-5-7-8-9-10-11-15(19)13-18(21)14(6-2)12-16(20)17(18,3)4/h6,14-16,19-21H,2,5,7-13H2,1,3-4H3/t14-,15+,16?,18?/m0/s1. The topological polar surface area (TPSA) is 60.7 Å². The highest BCUT2D eigenvalue weighted by Crippen LogP contribution is 2.52. The van der Waals surface area contributed by atoms with Crippen molar-refractivity contribution in [3.05, 3.63) is 12.7 Å². The van der Waals surface area contributed by atoms with Crippen molar-refractivity contribution in [1.29, 1.82) is 0 Å². The molecule has 0 aromatic heterocycles. The predicted molar refractivity (Wildman–Crippen MR) is 87.0 cm³/mol. The molecule has 0 bridgehead atoms. The summed E-state index contributed by atoms with van der Waals surface area (Å²) in [6.45, 7) is 9.74. The number of unbranched alkanes of at least 4 members (excludes halogenated alkanes) is 4. The maximum absolute atomic E-state index is 11.1. The van der Waals surface area contributed by atoms with Gasteiger partial charge in [0.15, 0.2) is 0 Å². The second-order valence-corrected chi connectivity index (χ2v) is 7.30. The van der Waals surface area contributed by atoms with E-state index in [1.165, 1.54) is 19.3 Å². The van der Waals surface area contributed by atoms with Gasteiger partial charge in [-0.1, -0.05) is 59.0 Å². The molecule has 0 spiro atoms. The van der Waals surface area contributed by atoms with Gasteiger partial charge in [-0.25, -0.2) is 0 Å². The first-order valence-corrected chi connectivity index (χ1v) is 8.50. The van der Waals surface area contributed by atoms with Crippen molar-refractivity contribution >= 4 is 0 Å². The number of aliphatic hydroxyl groups excluding tert-OH is 2. The van der Waals surface area contributed by atoms with E-state index in [1.54, 1.807) is 6.08 Å². The third-order valence-electron chi connectivity index (χ3n) is 5.51. The van der Waals surface area contributed by atoms with Crippen molar-refractivity contribution in [2.75, 3.05) is 0 Å². The van der Waals surface area contributed by atoms with Crippen LogP contribution in [0.2, 0.25) is 0 Å². The van der Waals surface area contributed by atoms with Crippen LogP contribution in [0.25, 0.3) is 0 Å². The first-order valence-electron chi connectivity index (χ1n) is 8.50. The second kappa shape index (κ2) is 7.75. The predicted octanol–water partition coefficient (Wildman–Crippen LogP) is 3.42. The largest absolute Gasteiger partial charge is 0.393 e. The van der Waals surface area contributed by atoms with Crippen LogP contribution in [-0.2, 0) is 0 Å². The highest BCUT2D eigenvalue weighted by molar-refractivity contribution is 5.13. The van der Waals surface area contributed by atoms with Gasteiger partial charge in [0.25, 0.3) is 0 Å². The third kappa shape index (κ3) is 4.08. The van der Waals surface area contributed by atoms with Crippen LogP contribution in [0.4, 0.5) is 0 Å². The molecule has 0 aliphatic heterocycles. The minimum atomic E-state index is -1.07. The lowest BCUT2D eigenvalue weighted by molar-refractivity contribution is -0.118. The lowest BCUT2D eigenvalue weighted by atomic mass is 9.70. The molecule has 1 saturated carbocycles. The Bertz CT molecular complexity index is 326. The Balaban J connectivity index is 2.55. The quantitative estimate of drug-likeness (QED) is 0.451. The van der Waals surface area contributed by atoms with E-state index in [4.69, 9.17) is 0 Å². The van der Waals surface area contributed by atoms with E-state index in [1.807, 2.05) is 13.8 Å². The Morgan fingerprint density at radius 1 is 1.24 bits per heavy atom. The van der Waals surface area contributed by atoms with Gasteiger partial charge in [0, 0.05) is 17.8 Å². The van der Waals surface area contributed by atoms with Gasteiger partial charge in [-0.3, -0.25) is 0 Å². The highest BCUT2D eigenvalue weighted by Gasteiger charge is 2.58. The van der Waals surface area contributed by atoms with E-state index in [2.05, 4.69) is 13.5 Å². The molecule has 3 nitrogen and oxygen atoms in total. The lowest BCUT2D eigenvalue weighted by Gasteiger charge is -2.42. The molecule has 0 saturated heterocycles. The summed E-state index contributed by atoms with van der Waals surface area (Å²) in [6.07, 6.45) is 8.05. The minimum Gasteiger partial charge on any atom is -0.393 e. The fourth-order valence-corrected chi connectivity index (χ4v) is 3.65. The average Bonchev–Trinajstić information content (AvgIpc) is 2.58. The van der Waals surface area contributed by atoms with Gasteiger partial charge >= 0.3 is 0 Å². The van der Waals surface area contributed by atoms with Crippen LogP contribution < -0.4 is 0 Å². The molecule has 2 unspecified atom stereocenters. The fourth-order valence-electron chi connectivity index (χ4n) is 3.65. The Morgan fingerprint density at radius 2 is 1.86 bits per heavy atom. The van der Waals surface area contributed by atoms with Crippen molar-refractivity contribution in [1.82, 2.24) is 0 Å². The summed E-state index contributed by atoms with van der Waals surface area (Å²) in [6, 6.07) is 0. The van der Waals surface area contributed by atoms with Gasteiger partial charge in [0.1, 0.15) is 0 Å². The van der Waals surface area contributed by atoms with Gasteiger partial charge in [0.05, 0.1) is 17.8 Å². The molecular formula is C18H34O3. The van der Waals surface area contributed by atoms with Crippen molar-refractivity contribution in [3.63, 3.8) is 0 Å². The van der Waals surface area contributed by atoms with Gasteiger partial charge in [-0.15, -0.1) is 6.58 Å². The van der Waals surface area contributed by atoms with Crippen LogP contribution in [-0.4, -0.2) is 33.1 Å². The van der Waals surface area contributed by atoms with E-state index in [-0.39, 0.29) is 5.92 Å². The summed E-state index contributed by atoms with van der Waals surface area (Å²) in [7, 11) is 0. The Morgan fingerprint density at radius 3 is 2.43 bits per heavy atom. The van der Waals surface area contributed by atoms with E-state index in [0.29, 0.717) is 12.8 Å². The molecule has 1 fully saturated rings. The van der Waals surface area contributed by atoms with Crippen LogP contribution in [0.3, 0.4) is 0 Å². The van der Waals surface area contributed by atoms with Gasteiger partial charge in [-0.2, -0.15) is 0 Å². The Labute approximate surface area is 130 Å². The van der Waals surface area contributed by atoms with E-state index in [9.17, 15) is 15.3 Å². The van der Waals surface area contributed by atoms with Crippen LogP contribution in [0.1, 0.15) is 72.1 Å². The Kier molecular flexibility index (Phi) is 6.89. The van der Waals surface area contributed by atoms with E-state index >= 15 is 0 Å². The molecule has 0 heterocycles. The maximum atomic E-state index is 11.1. The SMILES string of the molecule is C=C[C@H]1CC(O)C(C)(C)C1(O)C[C@H](O)CCCCCCC. The van der Waals surface area contributed by atoms with Crippen LogP contribution in [0.15, 0.2) is 12.7 Å². The molecule has 3 N–H and O–H groups in total.